The molecule has 0 aliphatic carbocycles. The zero-order valence-corrected chi connectivity index (χ0v) is 21.1. The average Bonchev–Trinajstić information content (AvgIpc) is 3.11. The molecule has 0 bridgehead atoms. The van der Waals surface area contributed by atoms with E-state index in [1.165, 1.54) is 15.9 Å². The largest absolute Gasteiger partial charge is 0.494 e. The molecule has 4 rings (SSSR count). The Morgan fingerprint density at radius 3 is 2.65 bits per heavy atom. The van der Waals surface area contributed by atoms with Gasteiger partial charge in [-0.1, -0.05) is 64.9 Å². The summed E-state index contributed by atoms with van der Waals surface area (Å²) in [5.41, 5.74) is 1.78. The second kappa shape index (κ2) is 10.2. The van der Waals surface area contributed by atoms with Gasteiger partial charge >= 0.3 is 5.97 Å². The van der Waals surface area contributed by atoms with Gasteiger partial charge in [0.05, 0.1) is 39.1 Å². The van der Waals surface area contributed by atoms with Gasteiger partial charge in [-0.3, -0.25) is 9.36 Å². The molecular formula is C25H22Cl2N2O4S. The number of rotatable bonds is 6. The summed E-state index contributed by atoms with van der Waals surface area (Å²) in [7, 11) is 0. The molecule has 6 nitrogen and oxygen atoms in total. The number of carbonyl (C=O) groups is 1. The molecule has 0 saturated heterocycles. The Morgan fingerprint density at radius 2 is 1.91 bits per heavy atom. The Labute approximate surface area is 210 Å². The number of thiazole rings is 1. The highest BCUT2D eigenvalue weighted by Gasteiger charge is 2.35. The summed E-state index contributed by atoms with van der Waals surface area (Å²) in [5, 5.41) is 0.754. The Balaban J connectivity index is 2.00. The first-order valence-corrected chi connectivity index (χ1v) is 12.3. The van der Waals surface area contributed by atoms with Crippen LogP contribution in [0, 0.1) is 0 Å². The lowest BCUT2D eigenvalue weighted by Gasteiger charge is -2.26. The smallest absolute Gasteiger partial charge is 0.338 e. The van der Waals surface area contributed by atoms with Crippen molar-refractivity contribution in [2.45, 2.75) is 26.8 Å². The fourth-order valence-corrected chi connectivity index (χ4v) is 5.25. The molecule has 0 saturated carbocycles. The first-order chi connectivity index (χ1) is 16.4. The number of halogens is 2. The molecule has 1 aliphatic heterocycles. The second-order valence-corrected chi connectivity index (χ2v) is 9.21. The highest BCUT2D eigenvalue weighted by molar-refractivity contribution is 7.07. The molecule has 0 amide bonds. The number of para-hydroxylation sites is 1. The number of fused-ring (bicyclic) bond motifs is 1. The SMILES string of the molecule is CCOC(=O)C1=C(C)N=c2s/c(=C\c3cccc(Cl)c3Cl)c(=O)n2[C@H]1c1ccccc1OCC. The van der Waals surface area contributed by atoms with Gasteiger partial charge in [-0.05, 0) is 44.5 Å². The molecular weight excluding hydrogens is 495 g/mol. The fraction of sp³-hybridized carbons (Fsp3) is 0.240. The van der Waals surface area contributed by atoms with Crippen molar-refractivity contribution in [2.24, 2.45) is 4.99 Å². The van der Waals surface area contributed by atoms with Crippen molar-refractivity contribution in [1.82, 2.24) is 4.57 Å². The van der Waals surface area contributed by atoms with Crippen LogP contribution < -0.4 is 19.6 Å². The molecule has 2 heterocycles. The summed E-state index contributed by atoms with van der Waals surface area (Å²) in [6, 6.07) is 11.8. The van der Waals surface area contributed by atoms with Gasteiger partial charge in [0.2, 0.25) is 0 Å². The number of esters is 1. The lowest BCUT2D eigenvalue weighted by atomic mass is 9.95. The minimum atomic E-state index is -0.755. The molecule has 0 fully saturated rings. The first-order valence-electron chi connectivity index (χ1n) is 10.7. The number of hydrogen-bond donors (Lipinski definition) is 0. The van der Waals surface area contributed by atoms with E-state index in [1.807, 2.05) is 31.2 Å². The Kier molecular flexibility index (Phi) is 7.26. The highest BCUT2D eigenvalue weighted by Crippen LogP contribution is 2.36. The van der Waals surface area contributed by atoms with E-state index in [0.717, 1.165) is 0 Å². The summed E-state index contributed by atoms with van der Waals surface area (Å²) >= 11 is 13.7. The highest BCUT2D eigenvalue weighted by atomic mass is 35.5. The first kappa shape index (κ1) is 24.3. The molecule has 1 atom stereocenters. The van der Waals surface area contributed by atoms with Crippen LogP contribution in [0.2, 0.25) is 10.0 Å². The number of hydrogen-bond acceptors (Lipinski definition) is 6. The predicted octanol–water partition coefficient (Wildman–Crippen LogP) is 4.50. The molecule has 9 heteroatoms. The summed E-state index contributed by atoms with van der Waals surface area (Å²) in [6.45, 7) is 6.00. The van der Waals surface area contributed by atoms with Gasteiger partial charge in [-0.15, -0.1) is 0 Å². The van der Waals surface area contributed by atoms with E-state index in [4.69, 9.17) is 32.7 Å². The van der Waals surface area contributed by atoms with Gasteiger partial charge in [-0.2, -0.15) is 0 Å². The van der Waals surface area contributed by atoms with Gasteiger partial charge in [0.1, 0.15) is 11.8 Å². The Morgan fingerprint density at radius 1 is 1.15 bits per heavy atom. The number of nitrogens with zero attached hydrogens (tertiary/aromatic N) is 2. The van der Waals surface area contributed by atoms with Gasteiger partial charge in [0.15, 0.2) is 4.80 Å². The van der Waals surface area contributed by atoms with E-state index >= 15 is 0 Å². The minimum absolute atomic E-state index is 0.202. The van der Waals surface area contributed by atoms with E-state index in [2.05, 4.69) is 4.99 Å². The van der Waals surface area contributed by atoms with Crippen LogP contribution in [0.25, 0.3) is 6.08 Å². The number of aromatic nitrogens is 1. The third kappa shape index (κ3) is 4.43. The van der Waals surface area contributed by atoms with Crippen LogP contribution in [0.3, 0.4) is 0 Å². The quantitative estimate of drug-likeness (QED) is 0.452. The van der Waals surface area contributed by atoms with Crippen LogP contribution in [0.15, 0.2) is 63.5 Å². The lowest BCUT2D eigenvalue weighted by Crippen LogP contribution is -2.40. The Hall–Kier alpha value is -2.87. The predicted molar refractivity (Wildman–Crippen MR) is 134 cm³/mol. The number of ether oxygens (including phenoxy) is 2. The molecule has 176 valence electrons. The van der Waals surface area contributed by atoms with Crippen molar-refractivity contribution in [3.63, 3.8) is 0 Å². The fourth-order valence-electron chi connectivity index (χ4n) is 3.85. The third-order valence-corrected chi connectivity index (χ3v) is 7.11. The summed E-state index contributed by atoms with van der Waals surface area (Å²) < 4.78 is 13.1. The van der Waals surface area contributed by atoms with Crippen LogP contribution in [0.5, 0.6) is 5.75 Å². The van der Waals surface area contributed by atoms with E-state index in [1.54, 1.807) is 38.1 Å². The minimum Gasteiger partial charge on any atom is -0.494 e. The molecule has 0 N–H and O–H groups in total. The molecule has 0 spiro atoms. The molecule has 2 aromatic carbocycles. The second-order valence-electron chi connectivity index (χ2n) is 7.42. The van der Waals surface area contributed by atoms with Crippen LogP contribution in [0.1, 0.15) is 37.9 Å². The van der Waals surface area contributed by atoms with E-state index in [-0.39, 0.29) is 12.2 Å². The normalized spacial score (nSPS) is 15.7. The maximum Gasteiger partial charge on any atom is 0.338 e. The van der Waals surface area contributed by atoms with Crippen LogP contribution in [-0.2, 0) is 9.53 Å². The van der Waals surface area contributed by atoms with Crippen LogP contribution in [-0.4, -0.2) is 23.8 Å². The summed E-state index contributed by atoms with van der Waals surface area (Å²) in [4.78, 5) is 31.8. The van der Waals surface area contributed by atoms with Gasteiger partial charge in [-0.25, -0.2) is 9.79 Å². The molecule has 1 aliphatic rings. The van der Waals surface area contributed by atoms with Crippen molar-refractivity contribution < 1.29 is 14.3 Å². The maximum atomic E-state index is 13.7. The maximum absolute atomic E-state index is 13.7. The van der Waals surface area contributed by atoms with E-state index < -0.39 is 12.0 Å². The van der Waals surface area contributed by atoms with Gasteiger partial charge in [0.25, 0.3) is 5.56 Å². The van der Waals surface area contributed by atoms with Crippen molar-refractivity contribution in [3.05, 3.63) is 94.6 Å². The monoisotopic (exact) mass is 516 g/mol. The number of allylic oxidation sites excluding steroid dienone is 1. The van der Waals surface area contributed by atoms with Crippen LogP contribution >= 0.6 is 34.5 Å². The molecule has 3 aromatic rings. The average molecular weight is 517 g/mol. The Bertz CT molecular complexity index is 1470. The zero-order valence-electron chi connectivity index (χ0n) is 18.8. The van der Waals surface area contributed by atoms with Crippen molar-refractivity contribution in [1.29, 1.82) is 0 Å². The molecule has 34 heavy (non-hydrogen) atoms. The zero-order chi connectivity index (χ0) is 24.4. The standard InChI is InChI=1S/C25H22Cl2N2O4S/c1-4-32-18-12-7-6-10-16(18)22-20(24(31)33-5-2)14(3)28-25-29(22)23(30)19(34-25)13-15-9-8-11-17(26)21(15)27/h6-13,22H,4-5H2,1-3H3/b19-13-/t22-/m0/s1. The number of benzene rings is 2. The van der Waals surface area contributed by atoms with Crippen LogP contribution in [0.4, 0.5) is 0 Å². The lowest BCUT2D eigenvalue weighted by molar-refractivity contribution is -0.139. The van der Waals surface area contributed by atoms with E-state index in [9.17, 15) is 9.59 Å². The van der Waals surface area contributed by atoms with Crippen molar-refractivity contribution in [3.8, 4) is 5.75 Å². The van der Waals surface area contributed by atoms with Crippen molar-refractivity contribution >= 4 is 46.6 Å². The number of carbonyl (C=O) groups excluding carboxylic acids is 1. The topological polar surface area (TPSA) is 69.9 Å². The molecule has 1 aromatic heterocycles. The van der Waals surface area contributed by atoms with Gasteiger partial charge < -0.3 is 9.47 Å². The molecule has 0 unspecified atom stereocenters. The summed E-state index contributed by atoms with van der Waals surface area (Å²) in [6.07, 6.45) is 1.69. The van der Waals surface area contributed by atoms with Gasteiger partial charge in [0, 0.05) is 5.56 Å². The van der Waals surface area contributed by atoms with Crippen molar-refractivity contribution in [2.75, 3.05) is 13.2 Å². The summed E-state index contributed by atoms with van der Waals surface area (Å²) in [5.74, 6) is 0.0613. The molecule has 0 radical (unpaired) electrons. The third-order valence-electron chi connectivity index (χ3n) is 5.30. The van der Waals surface area contributed by atoms with E-state index in [0.29, 0.717) is 54.1 Å².